The molecule has 2 amide bonds. The lowest BCUT2D eigenvalue weighted by atomic mass is 10.2. The summed E-state index contributed by atoms with van der Waals surface area (Å²) in [5.41, 5.74) is 10.7. The van der Waals surface area contributed by atoms with Gasteiger partial charge in [0.25, 0.3) is 0 Å². The Hall–Kier alpha value is -4.28. The zero-order valence-electron chi connectivity index (χ0n) is 37.5. The fraction of sp³-hybridized carbons (Fsp3) is 0.700. The van der Waals surface area contributed by atoms with E-state index in [0.717, 1.165) is 19.8 Å². The molecule has 0 aliphatic carbocycles. The number of amides is 2. The molecule has 1 fully saturated rings. The zero-order chi connectivity index (χ0) is 47.3. The summed E-state index contributed by atoms with van der Waals surface area (Å²) in [5.74, 6) is -2.01. The van der Waals surface area contributed by atoms with Crippen LogP contribution in [-0.4, -0.2) is 200 Å². The molecule has 1 saturated heterocycles. The van der Waals surface area contributed by atoms with E-state index in [1.807, 2.05) is 44.4 Å². The number of aldehydes is 1. The van der Waals surface area contributed by atoms with Crippen LogP contribution in [0.15, 0.2) is 24.3 Å². The third-order valence-corrected chi connectivity index (χ3v) is 7.06. The molecular formula is C40H78N6O14. The second-order valence-corrected chi connectivity index (χ2v) is 12.1. The van der Waals surface area contributed by atoms with Crippen LogP contribution >= 0.6 is 0 Å². The van der Waals surface area contributed by atoms with E-state index in [1.165, 1.54) is 24.3 Å². The Balaban J connectivity index is -0.000000261. The highest BCUT2D eigenvalue weighted by molar-refractivity contribution is 5.92. The summed E-state index contributed by atoms with van der Waals surface area (Å²) in [4.78, 5) is 73.6. The summed E-state index contributed by atoms with van der Waals surface area (Å²) >= 11 is 0. The SMILES string of the molecule is CC.CC.CC(C)CCO.CCO.CCOCCOC(=O)Oc1ccc(C(N)=O)cc1.CO.NC(=O)CN1CCN(CC=O)CCN(CC(=O)O)CCN(CC(=O)O)CC1. The van der Waals surface area contributed by atoms with Gasteiger partial charge in [0.05, 0.1) is 32.8 Å². The number of nitrogens with zero attached hydrogens (tertiary/aromatic N) is 4. The lowest BCUT2D eigenvalue weighted by Gasteiger charge is -2.32. The number of ether oxygens (including phenoxy) is 3. The fourth-order valence-corrected chi connectivity index (χ4v) is 4.34. The van der Waals surface area contributed by atoms with Gasteiger partial charge in [0.2, 0.25) is 11.8 Å². The van der Waals surface area contributed by atoms with E-state index < -0.39 is 29.9 Å². The molecule has 1 aromatic carbocycles. The topological polar surface area (TPSA) is 296 Å². The van der Waals surface area contributed by atoms with Gasteiger partial charge < -0.3 is 56.0 Å². The molecular weight excluding hydrogens is 788 g/mol. The normalized spacial score (nSPS) is 13.4. The van der Waals surface area contributed by atoms with Crippen molar-refractivity contribution in [3.8, 4) is 5.75 Å². The Labute approximate surface area is 357 Å². The minimum atomic E-state index is -0.967. The maximum absolute atomic E-state index is 11.3. The van der Waals surface area contributed by atoms with Gasteiger partial charge in [-0.3, -0.25) is 38.8 Å². The van der Waals surface area contributed by atoms with Crippen molar-refractivity contribution in [3.05, 3.63) is 29.8 Å². The van der Waals surface area contributed by atoms with Gasteiger partial charge in [0.1, 0.15) is 18.6 Å². The average Bonchev–Trinajstić information content (AvgIpc) is 3.20. The molecule has 0 spiro atoms. The third kappa shape index (κ3) is 44.8. The number of aliphatic carboxylic acids is 2. The van der Waals surface area contributed by atoms with Crippen LogP contribution in [0.5, 0.6) is 5.75 Å². The molecule has 1 heterocycles. The molecule has 1 aromatic rings. The smallest absolute Gasteiger partial charge is 0.480 e. The van der Waals surface area contributed by atoms with Gasteiger partial charge in [-0.2, -0.15) is 0 Å². The summed E-state index contributed by atoms with van der Waals surface area (Å²) < 4.78 is 14.6. The number of nitrogens with two attached hydrogens (primary N) is 2. The number of carboxylic acids is 2. The van der Waals surface area contributed by atoms with Crippen LogP contribution in [0, 0.1) is 5.92 Å². The first-order valence-electron chi connectivity index (χ1n) is 20.2. The number of aliphatic hydroxyl groups is 3. The van der Waals surface area contributed by atoms with E-state index in [9.17, 15) is 28.8 Å². The average molecular weight is 867 g/mol. The molecule has 60 heavy (non-hydrogen) atoms. The molecule has 0 unspecified atom stereocenters. The van der Waals surface area contributed by atoms with Crippen LogP contribution < -0.4 is 16.2 Å². The van der Waals surface area contributed by atoms with E-state index in [-0.39, 0.29) is 45.1 Å². The first kappa shape index (κ1) is 64.9. The number of carboxylic acid groups (broad SMARTS) is 2. The Bertz CT molecular complexity index is 1160. The van der Waals surface area contributed by atoms with Gasteiger partial charge in [-0.05, 0) is 50.5 Å². The Kier molecular flexibility index (Phi) is 51.2. The monoisotopic (exact) mass is 867 g/mol. The van der Waals surface area contributed by atoms with Crippen LogP contribution in [0.25, 0.3) is 0 Å². The molecule has 352 valence electrons. The van der Waals surface area contributed by atoms with Gasteiger partial charge in [0, 0.05) is 84.9 Å². The standard InChI is InChI=1S/C16H29N5O6.C12H15NO5.C5H12O.C2H6O.2C2H6.CH4O/c17-14(23)11-19-3-1-18(9-10-22)2-4-20(12-15(24)25)7-8-21(6-5-19)13-16(26)27;1-2-16-7-8-17-12(15)18-10-5-3-9(4-6-10)11(13)14;1-5(2)3-4-6;1-2-3;3*1-2/h10H,1-9,11-13H2,(H2,17,23)(H,24,25)(H,26,27);3-6H,2,7-8H2,1H3,(H2,13,14);5-6H,3-4H2,1-2H3;3H,2H2,1H3;2*1-2H3;2H,1H3. The number of hydrogen-bond donors (Lipinski definition) is 7. The van der Waals surface area contributed by atoms with E-state index >= 15 is 0 Å². The maximum atomic E-state index is 11.3. The molecule has 0 saturated carbocycles. The molecule has 1 aliphatic heterocycles. The van der Waals surface area contributed by atoms with Gasteiger partial charge in [-0.1, -0.05) is 41.5 Å². The Morgan fingerprint density at radius 1 is 0.717 bits per heavy atom. The number of rotatable bonds is 16. The van der Waals surface area contributed by atoms with Gasteiger partial charge in [-0.15, -0.1) is 0 Å². The molecule has 2 rings (SSSR count). The van der Waals surface area contributed by atoms with Crippen LogP contribution in [0.3, 0.4) is 0 Å². The number of carbonyl (C=O) groups excluding carboxylic acids is 4. The highest BCUT2D eigenvalue weighted by Gasteiger charge is 2.19. The Morgan fingerprint density at radius 3 is 1.42 bits per heavy atom. The van der Waals surface area contributed by atoms with E-state index in [4.69, 9.17) is 51.2 Å². The first-order chi connectivity index (χ1) is 28.6. The van der Waals surface area contributed by atoms with Crippen molar-refractivity contribution < 1.29 is 68.5 Å². The second kappa shape index (κ2) is 47.4. The van der Waals surface area contributed by atoms with Crippen molar-refractivity contribution in [2.75, 3.05) is 119 Å². The number of benzene rings is 1. The Morgan fingerprint density at radius 2 is 1.12 bits per heavy atom. The van der Waals surface area contributed by atoms with E-state index in [2.05, 4.69) is 13.8 Å². The number of primary amides is 2. The fourth-order valence-electron chi connectivity index (χ4n) is 4.34. The molecule has 0 radical (unpaired) electrons. The molecule has 20 nitrogen and oxygen atoms in total. The van der Waals surface area contributed by atoms with Crippen molar-refractivity contribution >= 4 is 36.2 Å². The predicted molar refractivity (Wildman–Crippen MR) is 230 cm³/mol. The molecule has 9 N–H and O–H groups in total. The minimum Gasteiger partial charge on any atom is -0.480 e. The van der Waals surface area contributed by atoms with E-state index in [1.54, 1.807) is 16.7 Å². The molecule has 0 atom stereocenters. The van der Waals surface area contributed by atoms with Crippen molar-refractivity contribution in [3.63, 3.8) is 0 Å². The quantitative estimate of drug-likeness (QED) is 0.0529. The second-order valence-electron chi connectivity index (χ2n) is 12.1. The van der Waals surface area contributed by atoms with Crippen LogP contribution in [-0.2, 0) is 28.7 Å². The number of carbonyl (C=O) groups is 6. The van der Waals surface area contributed by atoms with Crippen molar-refractivity contribution in [1.29, 1.82) is 0 Å². The molecule has 0 aromatic heterocycles. The highest BCUT2D eigenvalue weighted by atomic mass is 16.7. The first-order valence-corrected chi connectivity index (χ1v) is 20.2. The summed E-state index contributed by atoms with van der Waals surface area (Å²) in [6, 6.07) is 5.85. The summed E-state index contributed by atoms with van der Waals surface area (Å²) in [6.07, 6.45) is 0.905. The van der Waals surface area contributed by atoms with Crippen LogP contribution in [0.2, 0.25) is 0 Å². The maximum Gasteiger partial charge on any atom is 0.513 e. The lowest BCUT2D eigenvalue weighted by molar-refractivity contribution is -0.140. The lowest BCUT2D eigenvalue weighted by Crippen LogP contribution is -2.49. The van der Waals surface area contributed by atoms with Crippen molar-refractivity contribution in [2.24, 2.45) is 17.4 Å². The largest absolute Gasteiger partial charge is 0.513 e. The molecule has 1 aliphatic rings. The zero-order valence-corrected chi connectivity index (χ0v) is 37.5. The van der Waals surface area contributed by atoms with Crippen LogP contribution in [0.4, 0.5) is 4.79 Å². The number of hydrogen-bond acceptors (Lipinski definition) is 16. The van der Waals surface area contributed by atoms with Crippen molar-refractivity contribution in [2.45, 2.75) is 61.8 Å². The summed E-state index contributed by atoms with van der Waals surface area (Å²) in [6.45, 7) is 20.9. The third-order valence-electron chi connectivity index (χ3n) is 7.06. The molecule has 20 heteroatoms. The summed E-state index contributed by atoms with van der Waals surface area (Å²) in [5, 5.41) is 41.0. The predicted octanol–water partition coefficient (Wildman–Crippen LogP) is 1.08. The van der Waals surface area contributed by atoms with E-state index in [0.29, 0.717) is 83.7 Å². The van der Waals surface area contributed by atoms with Gasteiger partial charge >= 0.3 is 18.1 Å². The van der Waals surface area contributed by atoms with Gasteiger partial charge in [-0.25, -0.2) is 4.79 Å². The highest BCUT2D eigenvalue weighted by Crippen LogP contribution is 2.12. The van der Waals surface area contributed by atoms with Crippen molar-refractivity contribution in [1.82, 2.24) is 19.6 Å². The molecule has 0 bridgehead atoms. The van der Waals surface area contributed by atoms with Crippen LogP contribution in [0.1, 0.15) is 72.2 Å². The summed E-state index contributed by atoms with van der Waals surface area (Å²) in [7, 11) is 1.00. The van der Waals surface area contributed by atoms with Gasteiger partial charge in [0.15, 0.2) is 0 Å². The minimum absolute atomic E-state index is 0.0565. The number of aliphatic hydroxyl groups excluding tert-OH is 3.